The molecule has 1 fully saturated rings. The highest BCUT2D eigenvalue weighted by Gasteiger charge is 2.21. The summed E-state index contributed by atoms with van der Waals surface area (Å²) in [5.41, 5.74) is 0.868. The van der Waals surface area contributed by atoms with Gasteiger partial charge in [0.1, 0.15) is 11.5 Å². The van der Waals surface area contributed by atoms with Gasteiger partial charge in [0.05, 0.1) is 0 Å². The van der Waals surface area contributed by atoms with Crippen LogP contribution in [0.1, 0.15) is 37.1 Å². The molecule has 1 aliphatic carbocycles. The number of urea groups is 1. The number of halogens is 1. The van der Waals surface area contributed by atoms with Crippen molar-refractivity contribution in [1.29, 1.82) is 0 Å². The van der Waals surface area contributed by atoms with E-state index in [-0.39, 0.29) is 17.2 Å². The van der Waals surface area contributed by atoms with E-state index in [2.05, 4.69) is 26.2 Å². The van der Waals surface area contributed by atoms with E-state index in [1.165, 1.54) is 23.9 Å². The lowest BCUT2D eigenvalue weighted by molar-refractivity contribution is -0.114. The molecular weight excluding hydrogens is 351 g/mol. The number of nitrogens with one attached hydrogen (secondary N) is 2. The first-order valence-corrected chi connectivity index (χ1v) is 8.79. The van der Waals surface area contributed by atoms with Crippen molar-refractivity contribution in [3.63, 3.8) is 0 Å². The van der Waals surface area contributed by atoms with E-state index in [1.807, 2.05) is 6.08 Å². The minimum atomic E-state index is -0.612. The van der Waals surface area contributed by atoms with Crippen molar-refractivity contribution in [2.24, 2.45) is 5.92 Å². The van der Waals surface area contributed by atoms with Gasteiger partial charge in [-0.2, -0.15) is 4.68 Å². The number of carbonyl (C=O) groups is 2. The molecule has 0 bridgehead atoms. The van der Waals surface area contributed by atoms with Crippen LogP contribution < -0.4 is 10.6 Å². The van der Waals surface area contributed by atoms with Crippen molar-refractivity contribution < 1.29 is 14.0 Å². The van der Waals surface area contributed by atoms with Crippen molar-refractivity contribution >= 4 is 17.5 Å². The third kappa shape index (κ3) is 4.18. The maximum Gasteiger partial charge on any atom is 0.321 e. The Morgan fingerprint density at radius 1 is 1.30 bits per heavy atom. The fourth-order valence-electron chi connectivity index (χ4n) is 3.20. The Bertz CT molecular complexity index is 886. The molecule has 1 aromatic carbocycles. The van der Waals surface area contributed by atoms with Gasteiger partial charge in [-0.1, -0.05) is 25.0 Å². The Hall–Kier alpha value is -3.10. The largest absolute Gasteiger partial charge is 0.341 e. The standard InChI is InChI=1S/C18H21FN6O2/c1-11-22-23-24-25(11)16-8-7-13(10-15(16)19)14(9-12-5-3-4-6-12)17(26)21-18(27)20-2/h7-10,12H,3-6H2,1-2H3,(H2,20,21,26,27)/b14-9+. The second-order valence-corrected chi connectivity index (χ2v) is 6.46. The van der Waals surface area contributed by atoms with E-state index in [0.717, 1.165) is 25.7 Å². The predicted octanol–water partition coefficient (Wildman–Crippen LogP) is 2.14. The highest BCUT2D eigenvalue weighted by molar-refractivity contribution is 6.23. The molecule has 142 valence electrons. The number of amides is 3. The zero-order valence-electron chi connectivity index (χ0n) is 15.2. The number of benzene rings is 1. The summed E-state index contributed by atoms with van der Waals surface area (Å²) in [6.45, 7) is 1.66. The van der Waals surface area contributed by atoms with Crippen molar-refractivity contribution in [3.05, 3.63) is 41.5 Å². The number of allylic oxidation sites excluding steroid dienone is 1. The van der Waals surface area contributed by atoms with E-state index >= 15 is 0 Å². The molecule has 2 aromatic rings. The van der Waals surface area contributed by atoms with Crippen molar-refractivity contribution in [3.8, 4) is 5.69 Å². The lowest BCUT2D eigenvalue weighted by Gasteiger charge is -2.12. The number of nitrogens with zero attached hydrogens (tertiary/aromatic N) is 4. The average molecular weight is 372 g/mol. The summed E-state index contributed by atoms with van der Waals surface area (Å²) in [6.07, 6.45) is 5.97. The number of aromatic nitrogens is 4. The number of carbonyl (C=O) groups excluding carboxylic acids is 2. The molecule has 2 N–H and O–H groups in total. The Kier molecular flexibility index (Phi) is 5.58. The molecule has 0 atom stereocenters. The lowest BCUT2D eigenvalue weighted by atomic mass is 9.97. The number of hydrogen-bond acceptors (Lipinski definition) is 5. The molecule has 0 spiro atoms. The molecule has 8 nitrogen and oxygen atoms in total. The van der Waals surface area contributed by atoms with Gasteiger partial charge in [0.15, 0.2) is 5.82 Å². The first-order chi connectivity index (χ1) is 13.0. The van der Waals surface area contributed by atoms with Crippen LogP contribution in [0, 0.1) is 18.7 Å². The van der Waals surface area contributed by atoms with Crippen LogP contribution in [0.2, 0.25) is 0 Å². The summed E-state index contributed by atoms with van der Waals surface area (Å²) < 4.78 is 16.0. The first-order valence-electron chi connectivity index (χ1n) is 8.79. The molecular formula is C18H21FN6O2. The maximum atomic E-state index is 14.7. The summed E-state index contributed by atoms with van der Waals surface area (Å²) in [5, 5.41) is 15.6. The molecule has 3 amide bonds. The fourth-order valence-corrected chi connectivity index (χ4v) is 3.20. The van der Waals surface area contributed by atoms with Crippen molar-refractivity contribution in [2.45, 2.75) is 32.6 Å². The molecule has 1 aromatic heterocycles. The molecule has 1 aliphatic rings. The maximum absolute atomic E-state index is 14.7. The van der Waals surface area contributed by atoms with Crippen LogP contribution in [0.3, 0.4) is 0 Å². The second kappa shape index (κ2) is 8.07. The summed E-state index contributed by atoms with van der Waals surface area (Å²) in [4.78, 5) is 24.1. The molecule has 27 heavy (non-hydrogen) atoms. The monoisotopic (exact) mass is 372 g/mol. The highest BCUT2D eigenvalue weighted by atomic mass is 19.1. The summed E-state index contributed by atoms with van der Waals surface area (Å²) in [5.74, 6) is -0.444. The third-order valence-electron chi connectivity index (χ3n) is 4.61. The Morgan fingerprint density at radius 3 is 2.63 bits per heavy atom. The molecule has 9 heteroatoms. The Morgan fingerprint density at radius 2 is 2.04 bits per heavy atom. The second-order valence-electron chi connectivity index (χ2n) is 6.46. The van der Waals surface area contributed by atoms with Crippen LogP contribution in [-0.4, -0.2) is 39.2 Å². The molecule has 0 unspecified atom stereocenters. The first kappa shape index (κ1) is 18.7. The zero-order chi connectivity index (χ0) is 19.4. The quantitative estimate of drug-likeness (QED) is 0.801. The van der Waals surface area contributed by atoms with Gasteiger partial charge in [-0.3, -0.25) is 10.1 Å². The molecule has 0 saturated heterocycles. The molecule has 3 rings (SSSR count). The van der Waals surface area contributed by atoms with Crippen LogP contribution in [0.25, 0.3) is 11.3 Å². The summed E-state index contributed by atoms with van der Waals surface area (Å²) in [7, 11) is 1.42. The minimum absolute atomic E-state index is 0.188. The van der Waals surface area contributed by atoms with E-state index in [4.69, 9.17) is 0 Å². The third-order valence-corrected chi connectivity index (χ3v) is 4.61. The van der Waals surface area contributed by atoms with Gasteiger partial charge in [-0.15, -0.1) is 5.10 Å². The van der Waals surface area contributed by atoms with Crippen LogP contribution in [0.4, 0.5) is 9.18 Å². The summed E-state index contributed by atoms with van der Waals surface area (Å²) >= 11 is 0. The smallest absolute Gasteiger partial charge is 0.321 e. The molecule has 1 heterocycles. The fraction of sp³-hybridized carbons (Fsp3) is 0.389. The van der Waals surface area contributed by atoms with Crippen LogP contribution in [0.15, 0.2) is 24.3 Å². The molecule has 1 saturated carbocycles. The van der Waals surface area contributed by atoms with Gasteiger partial charge in [0, 0.05) is 12.6 Å². The van der Waals surface area contributed by atoms with Gasteiger partial charge in [0.2, 0.25) is 0 Å². The van der Waals surface area contributed by atoms with E-state index in [0.29, 0.717) is 11.4 Å². The molecule has 0 radical (unpaired) electrons. The van der Waals surface area contributed by atoms with E-state index in [1.54, 1.807) is 13.0 Å². The Labute approximate surface area is 155 Å². The Balaban J connectivity index is 1.96. The topological polar surface area (TPSA) is 102 Å². The lowest BCUT2D eigenvalue weighted by Crippen LogP contribution is -2.38. The summed E-state index contributed by atoms with van der Waals surface area (Å²) in [6, 6.07) is 3.80. The SMILES string of the molecule is CNC(=O)NC(=O)/C(=C/C1CCCC1)c1ccc(-n2nnnc2C)c(F)c1. The van der Waals surface area contributed by atoms with Gasteiger partial charge >= 0.3 is 6.03 Å². The number of imide groups is 1. The van der Waals surface area contributed by atoms with Gasteiger partial charge in [-0.05, 0) is 53.8 Å². The molecule has 0 aliphatic heterocycles. The minimum Gasteiger partial charge on any atom is -0.341 e. The van der Waals surface area contributed by atoms with Crippen LogP contribution in [-0.2, 0) is 4.79 Å². The van der Waals surface area contributed by atoms with E-state index in [9.17, 15) is 14.0 Å². The van der Waals surface area contributed by atoms with Crippen molar-refractivity contribution in [2.75, 3.05) is 7.05 Å². The van der Waals surface area contributed by atoms with Gasteiger partial charge in [-0.25, -0.2) is 9.18 Å². The van der Waals surface area contributed by atoms with Gasteiger partial charge in [0.25, 0.3) is 5.91 Å². The zero-order valence-corrected chi connectivity index (χ0v) is 15.2. The van der Waals surface area contributed by atoms with E-state index < -0.39 is 17.8 Å². The van der Waals surface area contributed by atoms with Crippen LogP contribution in [0.5, 0.6) is 0 Å². The number of tetrazole rings is 1. The predicted molar refractivity (Wildman–Crippen MR) is 96.4 cm³/mol. The number of hydrogen-bond donors (Lipinski definition) is 2. The number of rotatable bonds is 4. The van der Waals surface area contributed by atoms with Crippen molar-refractivity contribution in [1.82, 2.24) is 30.8 Å². The van der Waals surface area contributed by atoms with Crippen LogP contribution >= 0.6 is 0 Å². The van der Waals surface area contributed by atoms with Gasteiger partial charge < -0.3 is 5.32 Å². The average Bonchev–Trinajstić information content (AvgIpc) is 3.31. The number of aryl methyl sites for hydroxylation is 1. The highest BCUT2D eigenvalue weighted by Crippen LogP contribution is 2.30. The normalized spacial score (nSPS) is 15.0.